The lowest BCUT2D eigenvalue weighted by Crippen LogP contribution is -2.46. The van der Waals surface area contributed by atoms with Crippen LogP contribution in [0.25, 0.3) is 5.69 Å². The molecule has 0 aliphatic carbocycles. The summed E-state index contributed by atoms with van der Waals surface area (Å²) < 4.78 is 17.5. The maximum atomic E-state index is 15.6. The van der Waals surface area contributed by atoms with Gasteiger partial charge in [-0.1, -0.05) is 26.0 Å². The lowest BCUT2D eigenvalue weighted by atomic mass is 9.94. The van der Waals surface area contributed by atoms with Gasteiger partial charge < -0.3 is 14.4 Å². The van der Waals surface area contributed by atoms with Crippen LogP contribution in [0.5, 0.6) is 0 Å². The molecule has 0 spiro atoms. The van der Waals surface area contributed by atoms with Crippen LogP contribution >= 0.6 is 11.8 Å². The van der Waals surface area contributed by atoms with E-state index in [0.29, 0.717) is 18.0 Å². The maximum Gasteiger partial charge on any atom is 0.240 e. The van der Waals surface area contributed by atoms with Crippen molar-refractivity contribution in [3.8, 4) is 5.69 Å². The van der Waals surface area contributed by atoms with Crippen LogP contribution in [0.4, 0.5) is 4.39 Å². The van der Waals surface area contributed by atoms with Crippen molar-refractivity contribution >= 4 is 23.6 Å². The molecule has 1 aliphatic rings. The molecule has 2 atom stereocenters. The average molecular weight is 521 g/mol. The van der Waals surface area contributed by atoms with Gasteiger partial charge in [0.1, 0.15) is 11.7 Å². The second kappa shape index (κ2) is 11.3. The molecule has 3 heterocycles. The predicted octanol–water partition coefficient (Wildman–Crippen LogP) is 5.27. The van der Waals surface area contributed by atoms with Gasteiger partial charge in [0.2, 0.25) is 11.8 Å². The minimum atomic E-state index is -1.29. The van der Waals surface area contributed by atoms with E-state index in [4.69, 9.17) is 0 Å². The minimum Gasteiger partial charge on any atom is -0.348 e. The quantitative estimate of drug-likeness (QED) is 0.380. The third kappa shape index (κ3) is 5.80. The van der Waals surface area contributed by atoms with E-state index in [1.807, 2.05) is 53.4 Å². The summed E-state index contributed by atoms with van der Waals surface area (Å²) in [6, 6.07) is 12.2. The van der Waals surface area contributed by atoms with Crippen molar-refractivity contribution in [2.75, 3.05) is 19.8 Å². The van der Waals surface area contributed by atoms with E-state index in [9.17, 15) is 9.59 Å². The van der Waals surface area contributed by atoms with Crippen LogP contribution in [0.2, 0.25) is 0 Å². The van der Waals surface area contributed by atoms with E-state index in [1.54, 1.807) is 49.1 Å². The van der Waals surface area contributed by atoms with Gasteiger partial charge in [-0.05, 0) is 60.2 Å². The van der Waals surface area contributed by atoms with Crippen LogP contribution in [0.3, 0.4) is 0 Å². The Kier molecular flexibility index (Phi) is 8.17. The minimum absolute atomic E-state index is 0.0782. The van der Waals surface area contributed by atoms with E-state index >= 15 is 4.39 Å². The van der Waals surface area contributed by atoms with Gasteiger partial charge in [0.05, 0.1) is 6.04 Å². The Bertz CT molecular complexity index is 1320. The normalized spacial score (nSPS) is 15.7. The zero-order valence-corrected chi connectivity index (χ0v) is 22.7. The van der Waals surface area contributed by atoms with E-state index in [-0.39, 0.29) is 17.5 Å². The molecule has 3 aromatic rings. The molecular formula is C29H33FN4O2S. The second-order valence-electron chi connectivity index (χ2n) is 9.83. The first-order valence-electron chi connectivity index (χ1n) is 12.4. The zero-order chi connectivity index (χ0) is 26.7. The molecule has 0 N–H and O–H groups in total. The van der Waals surface area contributed by atoms with E-state index in [2.05, 4.69) is 18.8 Å². The summed E-state index contributed by atoms with van der Waals surface area (Å²) >= 11 is 1.61. The van der Waals surface area contributed by atoms with Gasteiger partial charge >= 0.3 is 0 Å². The molecule has 4 rings (SSSR count). The molecule has 2 aromatic heterocycles. The molecular weight excluding hydrogens is 487 g/mol. The number of rotatable bonds is 8. The van der Waals surface area contributed by atoms with Crippen molar-refractivity contribution in [2.24, 2.45) is 0 Å². The van der Waals surface area contributed by atoms with Crippen molar-refractivity contribution in [2.45, 2.75) is 45.2 Å². The van der Waals surface area contributed by atoms with E-state index < -0.39 is 23.5 Å². The van der Waals surface area contributed by atoms with Gasteiger partial charge in [-0.3, -0.25) is 14.6 Å². The Morgan fingerprint density at radius 1 is 1.16 bits per heavy atom. The number of nitrogens with zero attached hydrogens (tertiary/aromatic N) is 4. The number of aryl methyl sites for hydroxylation is 1. The Balaban J connectivity index is 1.74. The number of hydrogen-bond donors (Lipinski definition) is 0. The number of carbonyl (C=O) groups excluding carboxylic acids is 2. The van der Waals surface area contributed by atoms with Gasteiger partial charge in [-0.2, -0.15) is 0 Å². The molecule has 8 heteroatoms. The molecule has 1 aliphatic heterocycles. The van der Waals surface area contributed by atoms with Gasteiger partial charge in [0.25, 0.3) is 0 Å². The third-order valence-corrected chi connectivity index (χ3v) is 7.48. The smallest absolute Gasteiger partial charge is 0.240 e. The summed E-state index contributed by atoms with van der Waals surface area (Å²) in [5.74, 6) is -1.81. The summed E-state index contributed by atoms with van der Waals surface area (Å²) in [6.07, 6.45) is 5.57. The fourth-order valence-corrected chi connectivity index (χ4v) is 5.36. The van der Waals surface area contributed by atoms with Crippen molar-refractivity contribution in [1.82, 2.24) is 19.4 Å². The van der Waals surface area contributed by atoms with Crippen LogP contribution in [-0.4, -0.2) is 57.1 Å². The number of amides is 2. The van der Waals surface area contributed by atoms with Gasteiger partial charge in [0, 0.05) is 61.4 Å². The molecule has 2 amide bonds. The highest BCUT2D eigenvalue weighted by Gasteiger charge is 2.38. The molecule has 0 radical (unpaired) electrons. The molecule has 0 saturated heterocycles. The summed E-state index contributed by atoms with van der Waals surface area (Å²) in [5.41, 5.74) is 3.53. The lowest BCUT2D eigenvalue weighted by molar-refractivity contribution is -0.143. The number of likely N-dealkylation sites (N-methyl/N-ethyl adjacent to an activating group) is 1. The van der Waals surface area contributed by atoms with Crippen molar-refractivity contribution in [1.29, 1.82) is 0 Å². The highest BCUT2D eigenvalue weighted by atomic mass is 32.2. The number of carbonyl (C=O) groups is 2. The summed E-state index contributed by atoms with van der Waals surface area (Å²) in [7, 11) is 3.18. The lowest BCUT2D eigenvalue weighted by Gasteiger charge is -2.32. The monoisotopic (exact) mass is 520 g/mol. The second-order valence-corrected chi connectivity index (χ2v) is 10.8. The molecule has 6 nitrogen and oxygen atoms in total. The Hall–Kier alpha value is -3.39. The van der Waals surface area contributed by atoms with Gasteiger partial charge in [-0.25, -0.2) is 4.39 Å². The largest absolute Gasteiger partial charge is 0.348 e. The van der Waals surface area contributed by atoms with Crippen molar-refractivity contribution < 1.29 is 14.0 Å². The average Bonchev–Trinajstić information content (AvgIpc) is 3.55. The molecule has 194 valence electrons. The summed E-state index contributed by atoms with van der Waals surface area (Å²) in [6.45, 7) is 6.37. The number of hydrogen-bond acceptors (Lipinski definition) is 4. The standard InChI is InChI=1S/C29H33FN4O2S/c1-19(2)26-15-21(10-12-31-26)17-34(23-11-14-37-18-23)29(36)27(28(35)32(4)5)24-9-8-22(16-25(24)30)33-13-6-7-20(33)3/h6-16,19,23,27H,17-18H2,1-5H3. The number of thioether (sulfide) groups is 1. The predicted molar refractivity (Wildman–Crippen MR) is 146 cm³/mol. The molecule has 0 fully saturated rings. The first-order valence-corrected chi connectivity index (χ1v) is 13.4. The zero-order valence-electron chi connectivity index (χ0n) is 21.9. The van der Waals surface area contributed by atoms with Crippen LogP contribution in [-0.2, 0) is 16.1 Å². The maximum absolute atomic E-state index is 15.6. The summed E-state index contributed by atoms with van der Waals surface area (Å²) in [4.78, 5) is 35.1. The molecule has 2 unspecified atom stereocenters. The summed E-state index contributed by atoms with van der Waals surface area (Å²) in [5, 5.41) is 1.97. The number of benzene rings is 1. The van der Waals surface area contributed by atoms with Crippen LogP contribution in [0.15, 0.2) is 66.3 Å². The first kappa shape index (κ1) is 26.7. The highest BCUT2D eigenvalue weighted by Crippen LogP contribution is 2.30. The Morgan fingerprint density at radius 2 is 1.95 bits per heavy atom. The fraction of sp³-hybridized carbons (Fsp3) is 0.345. The molecule has 0 bridgehead atoms. The van der Waals surface area contributed by atoms with E-state index in [0.717, 1.165) is 17.0 Å². The van der Waals surface area contributed by atoms with Gasteiger partial charge in [0.15, 0.2) is 0 Å². The topological polar surface area (TPSA) is 58.4 Å². The Morgan fingerprint density at radius 3 is 2.54 bits per heavy atom. The first-order chi connectivity index (χ1) is 17.7. The highest BCUT2D eigenvalue weighted by molar-refractivity contribution is 8.02. The van der Waals surface area contributed by atoms with Crippen LogP contribution in [0, 0.1) is 12.7 Å². The number of pyridine rings is 1. The van der Waals surface area contributed by atoms with Crippen LogP contribution in [0.1, 0.15) is 48.2 Å². The number of halogens is 1. The molecule has 0 saturated carbocycles. The van der Waals surface area contributed by atoms with Crippen LogP contribution < -0.4 is 0 Å². The number of aromatic nitrogens is 2. The molecule has 37 heavy (non-hydrogen) atoms. The molecule has 1 aromatic carbocycles. The SMILES string of the molecule is Cc1cccn1-c1ccc(C(C(=O)N(C)C)C(=O)N(Cc2ccnc(C(C)C)c2)C2C=CSC2)c(F)c1. The van der Waals surface area contributed by atoms with Gasteiger partial charge in [-0.15, -0.1) is 11.8 Å². The van der Waals surface area contributed by atoms with Crippen molar-refractivity contribution in [3.63, 3.8) is 0 Å². The van der Waals surface area contributed by atoms with Crippen molar-refractivity contribution in [3.05, 3.63) is 94.7 Å². The fourth-order valence-electron chi connectivity index (χ4n) is 4.47. The van der Waals surface area contributed by atoms with E-state index in [1.165, 1.54) is 11.0 Å². The Labute approximate surface area is 222 Å². The third-order valence-electron chi connectivity index (χ3n) is 6.60.